The van der Waals surface area contributed by atoms with E-state index in [1.807, 2.05) is 65.6 Å². The summed E-state index contributed by atoms with van der Waals surface area (Å²) in [7, 11) is 0. The van der Waals surface area contributed by atoms with Crippen molar-refractivity contribution in [2.24, 2.45) is 0 Å². The third kappa shape index (κ3) is 5.09. The standard InChI is InChI=1S/C21H24N2O3/c24-20(22-17-9-7-8-10-17)16-26-21(25)15-23(18-11-3-1-4-12-18)19-13-5-2-6-14-19/h1-6,11-14,17H,7-10,15-16H2,(H,22,24). The van der Waals surface area contributed by atoms with Gasteiger partial charge in [-0.25, -0.2) is 0 Å². The number of carbonyl (C=O) groups is 2. The first kappa shape index (κ1) is 18.0. The Labute approximate surface area is 154 Å². The summed E-state index contributed by atoms with van der Waals surface area (Å²) in [5, 5.41) is 2.92. The van der Waals surface area contributed by atoms with Gasteiger partial charge in [-0.3, -0.25) is 9.59 Å². The normalized spacial score (nSPS) is 14.0. The van der Waals surface area contributed by atoms with Crippen molar-refractivity contribution in [2.75, 3.05) is 18.1 Å². The van der Waals surface area contributed by atoms with E-state index in [1.54, 1.807) is 0 Å². The van der Waals surface area contributed by atoms with Gasteiger partial charge >= 0.3 is 5.97 Å². The van der Waals surface area contributed by atoms with Gasteiger partial charge in [0, 0.05) is 17.4 Å². The molecule has 0 bridgehead atoms. The SMILES string of the molecule is O=C(COC(=O)CN(c1ccccc1)c1ccccc1)NC1CCCC1. The maximum absolute atomic E-state index is 12.3. The molecule has 0 saturated heterocycles. The Kier molecular flexibility index (Phi) is 6.25. The highest BCUT2D eigenvalue weighted by Gasteiger charge is 2.19. The zero-order valence-electron chi connectivity index (χ0n) is 14.8. The van der Waals surface area contributed by atoms with Gasteiger partial charge in [-0.15, -0.1) is 0 Å². The Balaban J connectivity index is 1.58. The summed E-state index contributed by atoms with van der Waals surface area (Å²) in [5.41, 5.74) is 1.79. The van der Waals surface area contributed by atoms with Crippen LogP contribution < -0.4 is 10.2 Å². The number of benzene rings is 2. The Morgan fingerprint density at radius 1 is 0.923 bits per heavy atom. The van der Waals surface area contributed by atoms with Gasteiger partial charge in [0.15, 0.2) is 6.61 Å². The van der Waals surface area contributed by atoms with Crippen LogP contribution in [0.2, 0.25) is 0 Å². The summed E-state index contributed by atoms with van der Waals surface area (Å²) in [6, 6.07) is 19.5. The first-order valence-electron chi connectivity index (χ1n) is 9.05. The topological polar surface area (TPSA) is 58.6 Å². The lowest BCUT2D eigenvalue weighted by Gasteiger charge is -2.24. The minimum absolute atomic E-state index is 0.0464. The molecule has 1 saturated carbocycles. The van der Waals surface area contributed by atoms with Crippen molar-refractivity contribution in [1.82, 2.24) is 5.32 Å². The lowest BCUT2D eigenvalue weighted by atomic mass is 10.2. The predicted octanol–water partition coefficient (Wildman–Crippen LogP) is 3.43. The number of nitrogens with one attached hydrogen (secondary N) is 1. The van der Waals surface area contributed by atoms with Crippen LogP contribution in [0.25, 0.3) is 0 Å². The second-order valence-corrected chi connectivity index (χ2v) is 6.47. The monoisotopic (exact) mass is 352 g/mol. The number of anilines is 2. The van der Waals surface area contributed by atoms with Crippen LogP contribution in [0, 0.1) is 0 Å². The van der Waals surface area contributed by atoms with Crippen molar-refractivity contribution in [3.63, 3.8) is 0 Å². The minimum Gasteiger partial charge on any atom is -0.454 e. The van der Waals surface area contributed by atoms with Gasteiger partial charge in [0.05, 0.1) is 0 Å². The zero-order chi connectivity index (χ0) is 18.2. The molecule has 26 heavy (non-hydrogen) atoms. The Bertz CT molecular complexity index is 673. The fourth-order valence-corrected chi connectivity index (χ4v) is 3.21. The molecule has 0 spiro atoms. The molecule has 0 atom stereocenters. The quantitative estimate of drug-likeness (QED) is 0.776. The number of esters is 1. The smallest absolute Gasteiger partial charge is 0.326 e. The Hall–Kier alpha value is -2.82. The van der Waals surface area contributed by atoms with E-state index in [9.17, 15) is 9.59 Å². The average molecular weight is 352 g/mol. The lowest BCUT2D eigenvalue weighted by Crippen LogP contribution is -2.37. The number of carbonyl (C=O) groups excluding carboxylic acids is 2. The molecule has 0 heterocycles. The third-order valence-corrected chi connectivity index (χ3v) is 4.51. The van der Waals surface area contributed by atoms with Crippen molar-refractivity contribution in [2.45, 2.75) is 31.7 Å². The van der Waals surface area contributed by atoms with E-state index in [-0.39, 0.29) is 25.1 Å². The van der Waals surface area contributed by atoms with Gasteiger partial charge < -0.3 is 15.0 Å². The van der Waals surface area contributed by atoms with Crippen molar-refractivity contribution < 1.29 is 14.3 Å². The van der Waals surface area contributed by atoms with Crippen LogP contribution in [0.5, 0.6) is 0 Å². The maximum atomic E-state index is 12.3. The molecule has 0 aromatic heterocycles. The first-order valence-corrected chi connectivity index (χ1v) is 9.05. The minimum atomic E-state index is -0.431. The van der Waals surface area contributed by atoms with Crippen LogP contribution >= 0.6 is 0 Å². The number of nitrogens with zero attached hydrogens (tertiary/aromatic N) is 1. The molecular weight excluding hydrogens is 328 g/mol. The average Bonchev–Trinajstić information content (AvgIpc) is 3.19. The van der Waals surface area contributed by atoms with Crippen LogP contribution in [-0.4, -0.2) is 31.1 Å². The second-order valence-electron chi connectivity index (χ2n) is 6.47. The first-order chi connectivity index (χ1) is 12.7. The van der Waals surface area contributed by atoms with Gasteiger partial charge in [-0.2, -0.15) is 0 Å². The number of hydrogen-bond acceptors (Lipinski definition) is 4. The van der Waals surface area contributed by atoms with Crippen LogP contribution in [-0.2, 0) is 14.3 Å². The highest BCUT2D eigenvalue weighted by Crippen LogP contribution is 2.24. The fraction of sp³-hybridized carbons (Fsp3) is 0.333. The van der Waals surface area contributed by atoms with Crippen molar-refractivity contribution in [3.8, 4) is 0 Å². The summed E-state index contributed by atoms with van der Waals surface area (Å²) in [6.07, 6.45) is 4.31. The molecule has 0 aliphatic heterocycles. The molecule has 1 aliphatic rings. The van der Waals surface area contributed by atoms with Crippen molar-refractivity contribution >= 4 is 23.3 Å². The second kappa shape index (κ2) is 9.04. The van der Waals surface area contributed by atoms with Gasteiger partial charge in [0.1, 0.15) is 6.54 Å². The van der Waals surface area contributed by atoms with Gasteiger partial charge in [-0.1, -0.05) is 49.2 Å². The number of rotatable bonds is 7. The number of para-hydroxylation sites is 2. The number of amides is 1. The Morgan fingerprint density at radius 3 is 2.00 bits per heavy atom. The summed E-state index contributed by atoms with van der Waals surface area (Å²) < 4.78 is 5.19. The van der Waals surface area contributed by atoms with Gasteiger partial charge in [0.2, 0.25) is 0 Å². The zero-order valence-corrected chi connectivity index (χ0v) is 14.8. The van der Waals surface area contributed by atoms with E-state index in [4.69, 9.17) is 4.74 Å². The van der Waals surface area contributed by atoms with E-state index in [0.29, 0.717) is 0 Å². The van der Waals surface area contributed by atoms with Gasteiger partial charge in [0.25, 0.3) is 5.91 Å². The van der Waals surface area contributed by atoms with E-state index >= 15 is 0 Å². The molecule has 0 radical (unpaired) electrons. The maximum Gasteiger partial charge on any atom is 0.326 e. The summed E-state index contributed by atoms with van der Waals surface area (Å²) in [5.74, 6) is -0.657. The molecule has 2 aromatic carbocycles. The molecule has 1 N–H and O–H groups in total. The fourth-order valence-electron chi connectivity index (χ4n) is 3.21. The molecule has 0 unspecified atom stereocenters. The molecule has 1 fully saturated rings. The summed E-state index contributed by atoms with van der Waals surface area (Å²) in [6.45, 7) is -0.183. The molecule has 5 heteroatoms. The molecule has 5 nitrogen and oxygen atoms in total. The molecule has 3 rings (SSSR count). The van der Waals surface area contributed by atoms with E-state index in [2.05, 4.69) is 5.32 Å². The molecule has 2 aromatic rings. The summed E-state index contributed by atoms with van der Waals surface area (Å²) >= 11 is 0. The van der Waals surface area contributed by atoms with Crippen LogP contribution in [0.3, 0.4) is 0 Å². The molecule has 1 amide bonds. The lowest BCUT2D eigenvalue weighted by molar-refractivity contribution is -0.147. The van der Waals surface area contributed by atoms with Crippen molar-refractivity contribution in [1.29, 1.82) is 0 Å². The van der Waals surface area contributed by atoms with Gasteiger partial charge in [-0.05, 0) is 37.1 Å². The van der Waals surface area contributed by atoms with E-state index < -0.39 is 5.97 Å². The van der Waals surface area contributed by atoms with Crippen molar-refractivity contribution in [3.05, 3.63) is 60.7 Å². The third-order valence-electron chi connectivity index (χ3n) is 4.51. The number of hydrogen-bond donors (Lipinski definition) is 1. The highest BCUT2D eigenvalue weighted by atomic mass is 16.5. The molecule has 1 aliphatic carbocycles. The van der Waals surface area contributed by atoms with E-state index in [0.717, 1.165) is 37.1 Å². The van der Waals surface area contributed by atoms with E-state index in [1.165, 1.54) is 0 Å². The molecular formula is C21H24N2O3. The van der Waals surface area contributed by atoms with Crippen LogP contribution in [0.4, 0.5) is 11.4 Å². The molecule has 136 valence electrons. The summed E-state index contributed by atoms with van der Waals surface area (Å²) in [4.78, 5) is 26.1. The van der Waals surface area contributed by atoms with Crippen LogP contribution in [0.1, 0.15) is 25.7 Å². The predicted molar refractivity (Wildman–Crippen MR) is 101 cm³/mol. The largest absolute Gasteiger partial charge is 0.454 e. The van der Waals surface area contributed by atoms with Crippen LogP contribution in [0.15, 0.2) is 60.7 Å². The Morgan fingerprint density at radius 2 is 1.46 bits per heavy atom. The highest BCUT2D eigenvalue weighted by molar-refractivity contribution is 5.84. The number of ether oxygens (including phenoxy) is 1.